The van der Waals surface area contributed by atoms with Crippen LogP contribution >= 0.6 is 0 Å². The summed E-state index contributed by atoms with van der Waals surface area (Å²) in [4.78, 5) is 12.7. The molecule has 0 amide bonds. The van der Waals surface area contributed by atoms with E-state index in [0.29, 0.717) is 6.54 Å². The zero-order valence-corrected chi connectivity index (χ0v) is 9.40. The van der Waals surface area contributed by atoms with Crippen molar-refractivity contribution < 1.29 is 14.3 Å². The zero-order chi connectivity index (χ0) is 12.3. The van der Waals surface area contributed by atoms with E-state index in [1.807, 2.05) is 0 Å². The van der Waals surface area contributed by atoms with E-state index in [1.165, 1.54) is 12.1 Å². The summed E-state index contributed by atoms with van der Waals surface area (Å²) in [5.74, 6) is -1.06. The van der Waals surface area contributed by atoms with Gasteiger partial charge >= 0.3 is 5.97 Å². The van der Waals surface area contributed by atoms with Crippen LogP contribution in [0.4, 0.5) is 10.1 Å². The highest BCUT2D eigenvalue weighted by atomic mass is 19.1. The van der Waals surface area contributed by atoms with E-state index >= 15 is 0 Å². The third kappa shape index (κ3) is 3.17. The summed E-state index contributed by atoms with van der Waals surface area (Å²) >= 11 is 0. The Hall–Kier alpha value is -1.62. The first-order valence-electron chi connectivity index (χ1n) is 5.61. The number of hydrogen-bond acceptors (Lipinski definition) is 3. The Morgan fingerprint density at radius 2 is 2.18 bits per heavy atom. The molecule has 5 heteroatoms. The second kappa shape index (κ2) is 5.14. The Bertz CT molecular complexity index is 394. The maximum Gasteiger partial charge on any atom is 0.304 e. The third-order valence-electron chi connectivity index (χ3n) is 2.87. The molecule has 1 aromatic rings. The van der Waals surface area contributed by atoms with Gasteiger partial charge in [0.15, 0.2) is 0 Å². The second-order valence-corrected chi connectivity index (χ2v) is 4.17. The molecule has 0 aliphatic carbocycles. The maximum atomic E-state index is 12.8. The van der Waals surface area contributed by atoms with Crippen LogP contribution in [0.3, 0.4) is 0 Å². The summed E-state index contributed by atoms with van der Waals surface area (Å²) in [6.45, 7) is 2.19. The summed E-state index contributed by atoms with van der Waals surface area (Å²) in [6, 6.07) is 6.23. The van der Waals surface area contributed by atoms with Gasteiger partial charge in [-0.3, -0.25) is 4.79 Å². The molecule has 1 saturated heterocycles. The predicted octanol–water partition coefficient (Wildman–Crippen LogP) is 1.08. The van der Waals surface area contributed by atoms with Gasteiger partial charge < -0.3 is 15.3 Å². The molecule has 17 heavy (non-hydrogen) atoms. The molecule has 1 aliphatic heterocycles. The Morgan fingerprint density at radius 1 is 1.47 bits per heavy atom. The quantitative estimate of drug-likeness (QED) is 0.827. The first-order valence-corrected chi connectivity index (χ1v) is 5.61. The van der Waals surface area contributed by atoms with Crippen molar-refractivity contribution in [2.45, 2.75) is 12.5 Å². The number of halogens is 1. The predicted molar refractivity (Wildman–Crippen MR) is 62.7 cm³/mol. The van der Waals surface area contributed by atoms with Crippen LogP contribution in [0.25, 0.3) is 0 Å². The number of carboxylic acids is 1. The van der Waals surface area contributed by atoms with Gasteiger partial charge in [0.05, 0.1) is 6.42 Å². The first-order chi connectivity index (χ1) is 8.15. The molecule has 1 atom stereocenters. The van der Waals surface area contributed by atoms with Crippen molar-refractivity contribution in [2.24, 2.45) is 0 Å². The monoisotopic (exact) mass is 238 g/mol. The van der Waals surface area contributed by atoms with Crippen LogP contribution in [0.1, 0.15) is 6.42 Å². The van der Waals surface area contributed by atoms with Gasteiger partial charge in [-0.15, -0.1) is 0 Å². The molecule has 1 aromatic carbocycles. The molecule has 0 bridgehead atoms. The van der Waals surface area contributed by atoms with Gasteiger partial charge in [-0.25, -0.2) is 4.39 Å². The topological polar surface area (TPSA) is 52.6 Å². The van der Waals surface area contributed by atoms with Crippen molar-refractivity contribution in [2.75, 3.05) is 24.5 Å². The molecule has 2 rings (SSSR count). The second-order valence-electron chi connectivity index (χ2n) is 4.17. The van der Waals surface area contributed by atoms with Crippen molar-refractivity contribution in [3.8, 4) is 0 Å². The lowest BCUT2D eigenvalue weighted by Crippen LogP contribution is -2.51. The molecular weight excluding hydrogens is 223 g/mol. The fourth-order valence-electron chi connectivity index (χ4n) is 2.06. The van der Waals surface area contributed by atoms with Crippen molar-refractivity contribution in [1.29, 1.82) is 0 Å². The number of nitrogens with zero attached hydrogens (tertiary/aromatic N) is 1. The van der Waals surface area contributed by atoms with Crippen molar-refractivity contribution >= 4 is 11.7 Å². The number of nitrogens with one attached hydrogen (secondary N) is 1. The molecule has 1 fully saturated rings. The highest BCUT2D eigenvalue weighted by molar-refractivity contribution is 5.67. The minimum atomic E-state index is -0.802. The van der Waals surface area contributed by atoms with Gasteiger partial charge in [0, 0.05) is 31.4 Å². The van der Waals surface area contributed by atoms with E-state index in [0.717, 1.165) is 18.8 Å². The molecule has 4 nitrogen and oxygen atoms in total. The lowest BCUT2D eigenvalue weighted by molar-refractivity contribution is -0.137. The lowest BCUT2D eigenvalue weighted by Gasteiger charge is -2.34. The minimum absolute atomic E-state index is 0.0497. The van der Waals surface area contributed by atoms with E-state index in [9.17, 15) is 9.18 Å². The Balaban J connectivity index is 2.01. The number of hydrogen-bond donors (Lipinski definition) is 2. The van der Waals surface area contributed by atoms with Crippen LogP contribution in [0.2, 0.25) is 0 Å². The fraction of sp³-hybridized carbons (Fsp3) is 0.417. The molecule has 0 saturated carbocycles. The standard InChI is InChI=1S/C12H15FN2O2/c13-9-1-3-11(4-2-9)15-6-5-14-10(8-15)7-12(16)17/h1-4,10,14H,5-8H2,(H,16,17). The van der Waals surface area contributed by atoms with Crippen molar-refractivity contribution in [3.63, 3.8) is 0 Å². The van der Waals surface area contributed by atoms with Crippen LogP contribution in [-0.4, -0.2) is 36.8 Å². The van der Waals surface area contributed by atoms with Gasteiger partial charge in [-0.2, -0.15) is 0 Å². The SMILES string of the molecule is O=C(O)CC1CN(c2ccc(F)cc2)CCN1. The van der Waals surface area contributed by atoms with Gasteiger partial charge in [0.2, 0.25) is 0 Å². The third-order valence-corrected chi connectivity index (χ3v) is 2.87. The minimum Gasteiger partial charge on any atom is -0.481 e. The van der Waals surface area contributed by atoms with E-state index in [-0.39, 0.29) is 18.3 Å². The lowest BCUT2D eigenvalue weighted by atomic mass is 10.1. The fourth-order valence-corrected chi connectivity index (χ4v) is 2.06. The molecule has 0 aromatic heterocycles. The Morgan fingerprint density at radius 3 is 2.82 bits per heavy atom. The number of piperazine rings is 1. The molecule has 0 radical (unpaired) electrons. The summed E-state index contributed by atoms with van der Waals surface area (Å²) in [7, 11) is 0. The average Bonchev–Trinajstić information content (AvgIpc) is 2.29. The van der Waals surface area contributed by atoms with Crippen LogP contribution in [0, 0.1) is 5.82 Å². The number of rotatable bonds is 3. The first kappa shape index (κ1) is 11.9. The van der Waals surface area contributed by atoms with Crippen LogP contribution < -0.4 is 10.2 Å². The number of carboxylic acid groups (broad SMARTS) is 1. The van der Waals surface area contributed by atoms with Crippen molar-refractivity contribution in [1.82, 2.24) is 5.32 Å². The highest BCUT2D eigenvalue weighted by Gasteiger charge is 2.21. The summed E-state index contributed by atoms with van der Waals surface area (Å²) in [6.07, 6.45) is 0.109. The molecule has 0 spiro atoms. The summed E-state index contributed by atoms with van der Waals surface area (Å²) < 4.78 is 12.8. The summed E-state index contributed by atoms with van der Waals surface area (Å²) in [5.41, 5.74) is 0.934. The van der Waals surface area contributed by atoms with Gasteiger partial charge in [-0.05, 0) is 24.3 Å². The van der Waals surface area contributed by atoms with E-state index in [4.69, 9.17) is 5.11 Å². The van der Waals surface area contributed by atoms with Crippen molar-refractivity contribution in [3.05, 3.63) is 30.1 Å². The normalized spacial score (nSPS) is 20.3. The average molecular weight is 238 g/mol. The number of carbonyl (C=O) groups is 1. The van der Waals surface area contributed by atoms with E-state index in [1.54, 1.807) is 12.1 Å². The largest absolute Gasteiger partial charge is 0.481 e. The van der Waals surface area contributed by atoms with E-state index < -0.39 is 5.97 Å². The number of anilines is 1. The molecule has 1 heterocycles. The van der Waals surface area contributed by atoms with Crippen LogP contribution in [0.5, 0.6) is 0 Å². The van der Waals surface area contributed by atoms with Gasteiger partial charge in [0.1, 0.15) is 5.82 Å². The highest BCUT2D eigenvalue weighted by Crippen LogP contribution is 2.17. The smallest absolute Gasteiger partial charge is 0.304 e. The Kier molecular flexibility index (Phi) is 3.58. The number of aliphatic carboxylic acids is 1. The molecule has 1 aliphatic rings. The zero-order valence-electron chi connectivity index (χ0n) is 9.40. The van der Waals surface area contributed by atoms with Gasteiger partial charge in [0.25, 0.3) is 0 Å². The summed E-state index contributed by atoms with van der Waals surface area (Å²) in [5, 5.41) is 11.9. The maximum absolute atomic E-state index is 12.8. The molecule has 92 valence electrons. The van der Waals surface area contributed by atoms with E-state index in [2.05, 4.69) is 10.2 Å². The van der Waals surface area contributed by atoms with Crippen LogP contribution in [-0.2, 0) is 4.79 Å². The molecule has 2 N–H and O–H groups in total. The molecular formula is C12H15FN2O2. The number of benzene rings is 1. The molecule has 1 unspecified atom stereocenters. The Labute approximate surface area is 99.0 Å². The van der Waals surface area contributed by atoms with Crippen LogP contribution in [0.15, 0.2) is 24.3 Å². The van der Waals surface area contributed by atoms with Gasteiger partial charge in [-0.1, -0.05) is 0 Å².